The van der Waals surface area contributed by atoms with Crippen LogP contribution in [0.2, 0.25) is 0 Å². The number of carbonyl (C=O) groups excluding carboxylic acids is 1. The molecule has 1 aliphatic heterocycles. The monoisotopic (exact) mass is 273 g/mol. The van der Waals surface area contributed by atoms with E-state index in [4.69, 9.17) is 10.5 Å². The number of nitrogen functional groups attached to an aromatic ring is 1. The predicted molar refractivity (Wildman–Crippen MR) is 78.6 cm³/mol. The van der Waals surface area contributed by atoms with E-state index in [0.717, 1.165) is 23.9 Å². The lowest BCUT2D eigenvalue weighted by Gasteiger charge is -2.14. The van der Waals surface area contributed by atoms with Crippen LogP contribution < -0.4 is 11.1 Å². The van der Waals surface area contributed by atoms with E-state index in [1.165, 1.54) is 0 Å². The minimum Gasteiger partial charge on any atom is -0.399 e. The molecule has 0 bridgehead atoms. The number of ether oxygens (including phenoxy) is 1. The molecule has 0 saturated carbocycles. The first-order valence-electron chi connectivity index (χ1n) is 6.91. The topological polar surface area (TPSA) is 80.1 Å². The Morgan fingerprint density at radius 1 is 1.55 bits per heavy atom. The fourth-order valence-corrected chi connectivity index (χ4v) is 2.69. The lowest BCUT2D eigenvalue weighted by atomic mass is 10.0. The Bertz CT molecular complexity index is 635. The minimum absolute atomic E-state index is 0.0686. The molecule has 1 aliphatic rings. The minimum atomic E-state index is -0.0686. The van der Waals surface area contributed by atoms with Crippen LogP contribution in [0, 0.1) is 5.92 Å². The fraction of sp³-hybridized carbons (Fsp3) is 0.400. The highest BCUT2D eigenvalue weighted by atomic mass is 16.5. The Labute approximate surface area is 117 Å². The molecule has 20 heavy (non-hydrogen) atoms. The van der Waals surface area contributed by atoms with E-state index in [0.29, 0.717) is 23.7 Å². The first-order valence-corrected chi connectivity index (χ1v) is 6.91. The van der Waals surface area contributed by atoms with Gasteiger partial charge in [0.25, 0.3) is 5.91 Å². The van der Waals surface area contributed by atoms with Crippen molar-refractivity contribution in [3.8, 4) is 0 Å². The van der Waals surface area contributed by atoms with Crippen LogP contribution in [-0.4, -0.2) is 30.1 Å². The van der Waals surface area contributed by atoms with Gasteiger partial charge in [0.1, 0.15) is 0 Å². The average molecular weight is 273 g/mol. The number of H-pyrrole nitrogens is 1. The number of rotatable bonds is 3. The summed E-state index contributed by atoms with van der Waals surface area (Å²) in [4.78, 5) is 15.4. The molecule has 2 aromatic rings. The van der Waals surface area contributed by atoms with Gasteiger partial charge in [-0.25, -0.2) is 0 Å². The number of anilines is 1. The third-order valence-corrected chi connectivity index (χ3v) is 4.01. The maximum atomic E-state index is 12.3. The summed E-state index contributed by atoms with van der Waals surface area (Å²) in [6, 6.07) is 5.52. The molecule has 5 heteroatoms. The van der Waals surface area contributed by atoms with Gasteiger partial charge in [0, 0.05) is 41.9 Å². The Kier molecular flexibility index (Phi) is 3.36. The molecule has 0 radical (unpaired) electrons. The Morgan fingerprint density at radius 3 is 3.15 bits per heavy atom. The van der Waals surface area contributed by atoms with Gasteiger partial charge in [-0.05, 0) is 31.5 Å². The highest BCUT2D eigenvalue weighted by Gasteiger charge is 2.24. The summed E-state index contributed by atoms with van der Waals surface area (Å²) in [6.07, 6.45) is 2.95. The number of benzene rings is 1. The lowest BCUT2D eigenvalue weighted by Crippen LogP contribution is -2.31. The van der Waals surface area contributed by atoms with Crippen LogP contribution in [0.15, 0.2) is 24.4 Å². The van der Waals surface area contributed by atoms with Crippen molar-refractivity contribution in [1.29, 1.82) is 0 Å². The molecule has 2 unspecified atom stereocenters. The summed E-state index contributed by atoms with van der Waals surface area (Å²) >= 11 is 0. The van der Waals surface area contributed by atoms with Crippen molar-refractivity contribution in [1.82, 2.24) is 10.3 Å². The quantitative estimate of drug-likeness (QED) is 0.747. The van der Waals surface area contributed by atoms with Crippen molar-refractivity contribution in [3.63, 3.8) is 0 Å². The molecule has 0 aliphatic carbocycles. The van der Waals surface area contributed by atoms with Crippen molar-refractivity contribution < 1.29 is 9.53 Å². The molecular weight excluding hydrogens is 254 g/mol. The first kappa shape index (κ1) is 13.0. The molecule has 1 aromatic carbocycles. The van der Waals surface area contributed by atoms with E-state index < -0.39 is 0 Å². The SMILES string of the molecule is CC1OCCC1CNC(=O)c1c[nH]c2ccc(N)cc12. The molecule has 5 nitrogen and oxygen atoms in total. The standard InChI is InChI=1S/C15H19N3O2/c1-9-10(4-5-20-9)7-18-15(19)13-8-17-14-3-2-11(16)6-12(13)14/h2-3,6,8-10,17H,4-5,7,16H2,1H3,(H,18,19). The summed E-state index contributed by atoms with van der Waals surface area (Å²) in [5.41, 5.74) is 7.99. The summed E-state index contributed by atoms with van der Waals surface area (Å²) in [5.74, 6) is 0.329. The van der Waals surface area contributed by atoms with Gasteiger partial charge >= 0.3 is 0 Å². The van der Waals surface area contributed by atoms with Crippen molar-refractivity contribution in [2.45, 2.75) is 19.4 Å². The number of nitrogens with two attached hydrogens (primary N) is 1. The molecule has 2 heterocycles. The predicted octanol–water partition coefficient (Wildman–Crippen LogP) is 1.90. The molecular formula is C15H19N3O2. The molecule has 1 amide bonds. The number of amides is 1. The van der Waals surface area contributed by atoms with E-state index in [-0.39, 0.29) is 12.0 Å². The van der Waals surface area contributed by atoms with Gasteiger partial charge in [0.2, 0.25) is 0 Å². The van der Waals surface area contributed by atoms with Gasteiger partial charge in [-0.3, -0.25) is 4.79 Å². The van der Waals surface area contributed by atoms with Gasteiger partial charge in [-0.2, -0.15) is 0 Å². The van der Waals surface area contributed by atoms with Crippen LogP contribution >= 0.6 is 0 Å². The third-order valence-electron chi connectivity index (χ3n) is 4.01. The van der Waals surface area contributed by atoms with Crippen LogP contribution in [0.4, 0.5) is 5.69 Å². The van der Waals surface area contributed by atoms with E-state index in [1.54, 1.807) is 6.20 Å². The second-order valence-electron chi connectivity index (χ2n) is 5.34. The second kappa shape index (κ2) is 5.17. The van der Waals surface area contributed by atoms with E-state index in [1.807, 2.05) is 18.2 Å². The summed E-state index contributed by atoms with van der Waals surface area (Å²) in [7, 11) is 0. The summed E-state index contributed by atoms with van der Waals surface area (Å²) in [5, 5.41) is 3.85. The number of fused-ring (bicyclic) bond motifs is 1. The summed E-state index contributed by atoms with van der Waals surface area (Å²) < 4.78 is 5.50. The Morgan fingerprint density at radius 2 is 2.40 bits per heavy atom. The molecule has 0 spiro atoms. The van der Waals surface area contributed by atoms with Crippen molar-refractivity contribution >= 4 is 22.5 Å². The number of carbonyl (C=O) groups is 1. The van der Waals surface area contributed by atoms with Gasteiger partial charge in [0.05, 0.1) is 11.7 Å². The lowest BCUT2D eigenvalue weighted by molar-refractivity contribution is 0.0909. The normalized spacial score (nSPS) is 22.2. The van der Waals surface area contributed by atoms with Gasteiger partial charge in [-0.1, -0.05) is 0 Å². The van der Waals surface area contributed by atoms with Gasteiger partial charge in [-0.15, -0.1) is 0 Å². The van der Waals surface area contributed by atoms with Crippen LogP contribution in [0.5, 0.6) is 0 Å². The zero-order valence-corrected chi connectivity index (χ0v) is 11.5. The maximum absolute atomic E-state index is 12.3. The first-order chi connectivity index (χ1) is 9.65. The summed E-state index contributed by atoms with van der Waals surface area (Å²) in [6.45, 7) is 3.48. The highest BCUT2D eigenvalue weighted by Crippen LogP contribution is 2.22. The maximum Gasteiger partial charge on any atom is 0.253 e. The van der Waals surface area contributed by atoms with Crippen LogP contribution in [0.1, 0.15) is 23.7 Å². The zero-order chi connectivity index (χ0) is 14.1. The number of aromatic nitrogens is 1. The van der Waals surface area contributed by atoms with Crippen LogP contribution in [0.3, 0.4) is 0 Å². The molecule has 1 fully saturated rings. The van der Waals surface area contributed by atoms with E-state index in [2.05, 4.69) is 17.2 Å². The van der Waals surface area contributed by atoms with Crippen molar-refractivity contribution in [2.24, 2.45) is 5.92 Å². The molecule has 4 N–H and O–H groups in total. The molecule has 3 rings (SSSR count). The second-order valence-corrected chi connectivity index (χ2v) is 5.34. The Hall–Kier alpha value is -2.01. The number of hydrogen-bond donors (Lipinski definition) is 3. The molecule has 1 saturated heterocycles. The third kappa shape index (κ3) is 2.36. The highest BCUT2D eigenvalue weighted by molar-refractivity contribution is 6.07. The zero-order valence-electron chi connectivity index (χ0n) is 11.5. The molecule has 2 atom stereocenters. The molecule has 106 valence electrons. The Balaban J connectivity index is 1.74. The average Bonchev–Trinajstić information content (AvgIpc) is 3.02. The fourth-order valence-electron chi connectivity index (χ4n) is 2.69. The number of nitrogens with one attached hydrogen (secondary N) is 2. The number of hydrogen-bond acceptors (Lipinski definition) is 3. The molecule has 1 aromatic heterocycles. The van der Waals surface area contributed by atoms with E-state index >= 15 is 0 Å². The van der Waals surface area contributed by atoms with Crippen molar-refractivity contribution in [2.75, 3.05) is 18.9 Å². The van der Waals surface area contributed by atoms with E-state index in [9.17, 15) is 4.79 Å². The van der Waals surface area contributed by atoms with Gasteiger partial charge in [0.15, 0.2) is 0 Å². The smallest absolute Gasteiger partial charge is 0.253 e. The van der Waals surface area contributed by atoms with Crippen molar-refractivity contribution in [3.05, 3.63) is 30.0 Å². The largest absolute Gasteiger partial charge is 0.399 e. The van der Waals surface area contributed by atoms with Crippen LogP contribution in [-0.2, 0) is 4.74 Å². The van der Waals surface area contributed by atoms with Crippen LogP contribution in [0.25, 0.3) is 10.9 Å². The number of aromatic amines is 1. The van der Waals surface area contributed by atoms with Gasteiger partial charge < -0.3 is 20.8 Å².